The summed E-state index contributed by atoms with van der Waals surface area (Å²) in [6.45, 7) is 0. The summed E-state index contributed by atoms with van der Waals surface area (Å²) in [5, 5.41) is 11.7. The number of fused-ring (bicyclic) bond motifs is 2. The highest BCUT2D eigenvalue weighted by Gasteiger charge is 2.27. The van der Waals surface area contributed by atoms with Crippen LogP contribution >= 0.6 is 0 Å². The maximum Gasteiger partial charge on any atom is 0.303 e. The number of benzene rings is 2. The van der Waals surface area contributed by atoms with Gasteiger partial charge in [0.25, 0.3) is 0 Å². The molecule has 0 radical (unpaired) electrons. The van der Waals surface area contributed by atoms with Crippen LogP contribution in [0, 0.1) is 0 Å². The molecule has 0 saturated heterocycles. The van der Waals surface area contributed by atoms with Crippen molar-refractivity contribution in [1.82, 2.24) is 5.32 Å². The van der Waals surface area contributed by atoms with Crippen molar-refractivity contribution in [3.8, 4) is 11.5 Å². The van der Waals surface area contributed by atoms with Crippen LogP contribution in [0.2, 0.25) is 0 Å². The lowest BCUT2D eigenvalue weighted by Crippen LogP contribution is -2.31. The van der Waals surface area contributed by atoms with E-state index in [0.717, 1.165) is 22.6 Å². The third-order valence-electron chi connectivity index (χ3n) is 4.03. The smallest absolute Gasteiger partial charge is 0.303 e. The Morgan fingerprint density at radius 1 is 0.917 bits per heavy atom. The van der Waals surface area contributed by atoms with Crippen LogP contribution in [-0.4, -0.2) is 17.0 Å². The van der Waals surface area contributed by atoms with Gasteiger partial charge >= 0.3 is 5.97 Å². The van der Waals surface area contributed by atoms with Crippen LogP contribution in [0.25, 0.3) is 0 Å². The molecule has 0 aromatic heterocycles. The summed E-state index contributed by atoms with van der Waals surface area (Å²) in [6, 6.07) is 15.0. The minimum absolute atomic E-state index is 0.0862. The Morgan fingerprint density at radius 3 is 2.04 bits per heavy atom. The summed E-state index contributed by atoms with van der Waals surface area (Å²) in [5.41, 5.74) is 1.85. The average Bonchev–Trinajstić information content (AvgIpc) is 2.58. The monoisotopic (exact) mass is 325 g/mol. The number of amides is 1. The first-order valence-corrected chi connectivity index (χ1v) is 8.02. The Kier molecular flexibility index (Phi) is 4.79. The van der Waals surface area contributed by atoms with Gasteiger partial charge in [0, 0.05) is 24.0 Å². The number of carboxylic acids is 1. The van der Waals surface area contributed by atoms with Crippen LogP contribution in [0.3, 0.4) is 0 Å². The van der Waals surface area contributed by atoms with E-state index in [1.54, 1.807) is 0 Å². The van der Waals surface area contributed by atoms with Crippen LogP contribution in [0.4, 0.5) is 0 Å². The van der Waals surface area contributed by atoms with Crippen LogP contribution in [-0.2, 0) is 9.59 Å². The molecule has 1 aliphatic rings. The summed E-state index contributed by atoms with van der Waals surface area (Å²) < 4.78 is 5.90. The fraction of sp³-hybridized carbons (Fsp3) is 0.263. The molecule has 1 aliphatic heterocycles. The normalized spacial score (nSPS) is 12.7. The van der Waals surface area contributed by atoms with Crippen molar-refractivity contribution in [3.05, 3.63) is 59.7 Å². The van der Waals surface area contributed by atoms with Gasteiger partial charge in [-0.05, 0) is 25.0 Å². The van der Waals surface area contributed by atoms with Crippen molar-refractivity contribution in [2.45, 2.75) is 31.7 Å². The van der Waals surface area contributed by atoms with Gasteiger partial charge in [-0.25, -0.2) is 0 Å². The number of ether oxygens (including phenoxy) is 1. The Hall–Kier alpha value is -2.82. The molecular weight excluding hydrogens is 306 g/mol. The van der Waals surface area contributed by atoms with Crippen molar-refractivity contribution in [1.29, 1.82) is 0 Å². The Morgan fingerprint density at radius 2 is 1.46 bits per heavy atom. The largest absolute Gasteiger partial charge is 0.481 e. The van der Waals surface area contributed by atoms with Gasteiger partial charge in [0.05, 0.1) is 6.04 Å². The molecule has 0 unspecified atom stereocenters. The third-order valence-corrected chi connectivity index (χ3v) is 4.03. The molecule has 1 heterocycles. The number of aliphatic carboxylic acids is 1. The molecule has 0 aliphatic carbocycles. The highest BCUT2D eigenvalue weighted by atomic mass is 16.5. The Bertz CT molecular complexity index is 711. The van der Waals surface area contributed by atoms with Gasteiger partial charge in [0.2, 0.25) is 5.91 Å². The lowest BCUT2D eigenvalue weighted by molar-refractivity contribution is -0.137. The van der Waals surface area contributed by atoms with Gasteiger partial charge < -0.3 is 15.2 Å². The number of rotatable bonds is 6. The number of hydrogen-bond donors (Lipinski definition) is 2. The molecule has 0 saturated carbocycles. The topological polar surface area (TPSA) is 75.6 Å². The minimum Gasteiger partial charge on any atom is -0.481 e. The lowest BCUT2D eigenvalue weighted by atomic mass is 9.94. The second-order valence-corrected chi connectivity index (χ2v) is 5.78. The van der Waals surface area contributed by atoms with E-state index in [-0.39, 0.29) is 18.4 Å². The standard InChI is InChI=1S/C19H19NO4/c21-17(11-5-6-12-18(22)23)20-19-13-7-1-3-9-15(13)24-16-10-4-2-8-14(16)19/h1-4,7-10,19H,5-6,11-12H2,(H,20,21)(H,22,23). The number of nitrogens with one attached hydrogen (secondary N) is 1. The van der Waals surface area contributed by atoms with Crippen molar-refractivity contribution in [3.63, 3.8) is 0 Å². The molecule has 124 valence electrons. The second-order valence-electron chi connectivity index (χ2n) is 5.78. The molecule has 0 fully saturated rings. The summed E-state index contributed by atoms with van der Waals surface area (Å²) in [4.78, 5) is 22.8. The SMILES string of the molecule is O=C(O)CCCCC(=O)NC1c2ccccc2Oc2ccccc21. The third kappa shape index (κ3) is 3.56. The van der Waals surface area contributed by atoms with Gasteiger partial charge in [-0.2, -0.15) is 0 Å². The van der Waals surface area contributed by atoms with Gasteiger partial charge in [-0.15, -0.1) is 0 Å². The second kappa shape index (κ2) is 7.17. The number of carboxylic acid groups (broad SMARTS) is 1. The van der Waals surface area contributed by atoms with Crippen molar-refractivity contribution in [2.24, 2.45) is 0 Å². The molecule has 3 rings (SSSR count). The van der Waals surface area contributed by atoms with Crippen LogP contribution in [0.15, 0.2) is 48.5 Å². The summed E-state index contributed by atoms with van der Waals surface area (Å²) in [5.74, 6) is 0.569. The predicted molar refractivity (Wildman–Crippen MR) is 89.0 cm³/mol. The molecule has 0 bridgehead atoms. The van der Waals surface area contributed by atoms with E-state index < -0.39 is 5.97 Å². The molecule has 24 heavy (non-hydrogen) atoms. The van der Waals surface area contributed by atoms with E-state index in [9.17, 15) is 9.59 Å². The lowest BCUT2D eigenvalue weighted by Gasteiger charge is -2.28. The summed E-state index contributed by atoms with van der Waals surface area (Å²) in [6.07, 6.45) is 1.47. The fourth-order valence-electron chi connectivity index (χ4n) is 2.86. The zero-order valence-electron chi connectivity index (χ0n) is 13.2. The number of para-hydroxylation sites is 2. The molecule has 2 aromatic rings. The zero-order valence-corrected chi connectivity index (χ0v) is 13.2. The van der Waals surface area contributed by atoms with E-state index in [1.807, 2.05) is 48.5 Å². The molecule has 1 amide bonds. The van der Waals surface area contributed by atoms with Gasteiger partial charge in [-0.1, -0.05) is 36.4 Å². The van der Waals surface area contributed by atoms with Crippen LogP contribution in [0.1, 0.15) is 42.9 Å². The molecular formula is C19H19NO4. The maximum absolute atomic E-state index is 12.3. The number of carbonyl (C=O) groups is 2. The Labute approximate surface area is 140 Å². The number of carbonyl (C=O) groups excluding carboxylic acids is 1. The van der Waals surface area contributed by atoms with Crippen molar-refractivity contribution >= 4 is 11.9 Å². The highest BCUT2D eigenvalue weighted by Crippen LogP contribution is 2.42. The van der Waals surface area contributed by atoms with Gasteiger partial charge in [-0.3, -0.25) is 9.59 Å². The fourth-order valence-corrected chi connectivity index (χ4v) is 2.86. The predicted octanol–water partition coefficient (Wildman–Crippen LogP) is 3.64. The molecule has 0 atom stereocenters. The number of hydrogen-bond acceptors (Lipinski definition) is 3. The van der Waals surface area contributed by atoms with Crippen molar-refractivity contribution < 1.29 is 19.4 Å². The van der Waals surface area contributed by atoms with E-state index in [4.69, 9.17) is 9.84 Å². The first-order valence-electron chi connectivity index (χ1n) is 8.02. The van der Waals surface area contributed by atoms with E-state index >= 15 is 0 Å². The first-order chi connectivity index (χ1) is 11.6. The number of unbranched alkanes of at least 4 members (excludes halogenated alkanes) is 1. The van der Waals surface area contributed by atoms with Crippen LogP contribution in [0.5, 0.6) is 11.5 Å². The molecule has 2 N–H and O–H groups in total. The minimum atomic E-state index is -0.831. The summed E-state index contributed by atoms with van der Waals surface area (Å²) in [7, 11) is 0. The quantitative estimate of drug-likeness (QED) is 0.795. The average molecular weight is 325 g/mol. The van der Waals surface area contributed by atoms with Gasteiger partial charge in [0.1, 0.15) is 11.5 Å². The van der Waals surface area contributed by atoms with E-state index in [1.165, 1.54) is 0 Å². The molecule has 5 heteroatoms. The maximum atomic E-state index is 12.3. The molecule has 5 nitrogen and oxygen atoms in total. The highest BCUT2D eigenvalue weighted by molar-refractivity contribution is 5.77. The zero-order chi connectivity index (χ0) is 16.9. The van der Waals surface area contributed by atoms with Gasteiger partial charge in [0.15, 0.2) is 0 Å². The molecule has 2 aromatic carbocycles. The molecule has 0 spiro atoms. The van der Waals surface area contributed by atoms with E-state index in [0.29, 0.717) is 19.3 Å². The summed E-state index contributed by atoms with van der Waals surface area (Å²) >= 11 is 0. The van der Waals surface area contributed by atoms with Crippen LogP contribution < -0.4 is 10.1 Å². The first kappa shape index (κ1) is 16.1. The Balaban J connectivity index is 1.73. The van der Waals surface area contributed by atoms with Crippen molar-refractivity contribution in [2.75, 3.05) is 0 Å². The van der Waals surface area contributed by atoms with E-state index in [2.05, 4.69) is 5.32 Å².